The minimum absolute atomic E-state index is 0.920. The van der Waals surface area contributed by atoms with Gasteiger partial charge in [-0.3, -0.25) is 5.43 Å². The zero-order valence-electron chi connectivity index (χ0n) is 5.97. The molecule has 0 saturated heterocycles. The molecule has 0 aromatic rings. The SMILES string of the molecule is N[NH2+]CC1CCCCC1. The maximum atomic E-state index is 5.33. The smallest absolute Gasteiger partial charge is 0.0956 e. The van der Waals surface area contributed by atoms with Gasteiger partial charge in [-0.1, -0.05) is 19.3 Å². The highest BCUT2D eigenvalue weighted by Gasteiger charge is 2.13. The molecule has 1 aliphatic carbocycles. The molecular formula is C7H17N2+. The van der Waals surface area contributed by atoms with Gasteiger partial charge in [0.15, 0.2) is 0 Å². The van der Waals surface area contributed by atoms with Crippen LogP contribution < -0.4 is 11.3 Å². The Bertz CT molecular complexity index is 64.6. The van der Waals surface area contributed by atoms with Crippen molar-refractivity contribution in [1.29, 1.82) is 0 Å². The van der Waals surface area contributed by atoms with Crippen LogP contribution in [0.4, 0.5) is 0 Å². The zero-order valence-corrected chi connectivity index (χ0v) is 5.97. The summed E-state index contributed by atoms with van der Waals surface area (Å²) in [6, 6.07) is 0. The number of nitrogens with two attached hydrogens (primary N) is 2. The highest BCUT2D eigenvalue weighted by Crippen LogP contribution is 2.21. The minimum Gasteiger partial charge on any atom is -0.271 e. The molecule has 1 aliphatic rings. The van der Waals surface area contributed by atoms with E-state index in [1.807, 2.05) is 5.43 Å². The van der Waals surface area contributed by atoms with Crippen molar-refractivity contribution in [2.45, 2.75) is 32.1 Å². The van der Waals surface area contributed by atoms with Gasteiger partial charge in [-0.2, -0.15) is 5.84 Å². The Hall–Kier alpha value is -0.0800. The van der Waals surface area contributed by atoms with Crippen molar-refractivity contribution in [1.82, 2.24) is 0 Å². The molecule has 2 heteroatoms. The Morgan fingerprint density at radius 3 is 2.44 bits per heavy atom. The molecule has 1 saturated carbocycles. The average Bonchev–Trinajstić information content (AvgIpc) is 1.91. The van der Waals surface area contributed by atoms with Crippen molar-refractivity contribution < 1.29 is 5.43 Å². The fourth-order valence-corrected chi connectivity index (χ4v) is 1.62. The number of hydrogen-bond donors (Lipinski definition) is 2. The number of rotatable bonds is 2. The summed E-state index contributed by atoms with van der Waals surface area (Å²) < 4.78 is 0. The second-order valence-electron chi connectivity index (χ2n) is 2.98. The van der Waals surface area contributed by atoms with Crippen LogP contribution in [0.1, 0.15) is 32.1 Å². The molecule has 0 bridgehead atoms. The summed E-state index contributed by atoms with van der Waals surface area (Å²) >= 11 is 0. The van der Waals surface area contributed by atoms with Gasteiger partial charge in [0.2, 0.25) is 0 Å². The third kappa shape index (κ3) is 2.33. The Labute approximate surface area is 56.8 Å². The van der Waals surface area contributed by atoms with E-state index in [0.717, 1.165) is 12.5 Å². The van der Waals surface area contributed by atoms with E-state index in [1.165, 1.54) is 32.1 Å². The summed E-state index contributed by atoms with van der Waals surface area (Å²) in [6.07, 6.45) is 7.12. The molecule has 0 aromatic carbocycles. The van der Waals surface area contributed by atoms with Gasteiger partial charge in [0.25, 0.3) is 0 Å². The average molecular weight is 129 g/mol. The predicted molar refractivity (Wildman–Crippen MR) is 37.6 cm³/mol. The third-order valence-corrected chi connectivity index (χ3v) is 2.19. The first-order chi connectivity index (χ1) is 4.43. The lowest BCUT2D eigenvalue weighted by Crippen LogP contribution is -2.92. The van der Waals surface area contributed by atoms with E-state index >= 15 is 0 Å². The highest BCUT2D eigenvalue weighted by atomic mass is 15.2. The number of quaternary nitrogens is 1. The van der Waals surface area contributed by atoms with E-state index in [0.29, 0.717) is 0 Å². The predicted octanol–water partition coefficient (Wildman–Crippen LogP) is 0.00380. The van der Waals surface area contributed by atoms with Crippen LogP contribution in [0.15, 0.2) is 0 Å². The molecule has 9 heavy (non-hydrogen) atoms. The fourth-order valence-electron chi connectivity index (χ4n) is 1.62. The van der Waals surface area contributed by atoms with Crippen LogP contribution in [0, 0.1) is 5.92 Å². The molecule has 0 heterocycles. The van der Waals surface area contributed by atoms with Gasteiger partial charge in [0.1, 0.15) is 0 Å². The normalized spacial score (nSPS) is 22.3. The molecule has 0 aromatic heterocycles. The summed E-state index contributed by atoms with van der Waals surface area (Å²) in [4.78, 5) is 0. The van der Waals surface area contributed by atoms with Gasteiger partial charge in [-0.05, 0) is 12.8 Å². The van der Waals surface area contributed by atoms with Crippen LogP contribution in [0.3, 0.4) is 0 Å². The molecule has 1 fully saturated rings. The van der Waals surface area contributed by atoms with Crippen LogP contribution in [0.2, 0.25) is 0 Å². The Kier molecular flexibility index (Phi) is 3.01. The monoisotopic (exact) mass is 129 g/mol. The van der Waals surface area contributed by atoms with Gasteiger partial charge in [-0.15, -0.1) is 0 Å². The van der Waals surface area contributed by atoms with Crippen LogP contribution in [0.25, 0.3) is 0 Å². The Morgan fingerprint density at radius 1 is 1.22 bits per heavy atom. The first-order valence-corrected chi connectivity index (χ1v) is 3.97. The molecule has 2 nitrogen and oxygen atoms in total. The van der Waals surface area contributed by atoms with Crippen LogP contribution in [0.5, 0.6) is 0 Å². The van der Waals surface area contributed by atoms with Crippen LogP contribution in [-0.4, -0.2) is 6.54 Å². The van der Waals surface area contributed by atoms with E-state index in [2.05, 4.69) is 0 Å². The zero-order chi connectivity index (χ0) is 6.53. The lowest BCUT2D eigenvalue weighted by Gasteiger charge is -2.18. The minimum atomic E-state index is 0.920. The Balaban J connectivity index is 2.08. The van der Waals surface area contributed by atoms with E-state index in [9.17, 15) is 0 Å². The lowest BCUT2D eigenvalue weighted by molar-refractivity contribution is -0.673. The third-order valence-electron chi connectivity index (χ3n) is 2.19. The standard InChI is InChI=1S/C7H16N2/c8-9-6-7-4-2-1-3-5-7/h7,9H,1-6,8H2/p+1. The highest BCUT2D eigenvalue weighted by molar-refractivity contribution is 4.63. The summed E-state index contributed by atoms with van der Waals surface area (Å²) in [5.41, 5.74) is 1.82. The summed E-state index contributed by atoms with van der Waals surface area (Å²) in [5.74, 6) is 6.25. The molecule has 1 rings (SSSR count). The molecule has 54 valence electrons. The topological polar surface area (TPSA) is 42.6 Å². The van der Waals surface area contributed by atoms with Crippen molar-refractivity contribution in [3.63, 3.8) is 0 Å². The van der Waals surface area contributed by atoms with E-state index in [4.69, 9.17) is 5.84 Å². The molecular weight excluding hydrogens is 112 g/mol. The van der Waals surface area contributed by atoms with Gasteiger partial charge in [0.05, 0.1) is 6.54 Å². The van der Waals surface area contributed by atoms with E-state index in [1.54, 1.807) is 0 Å². The van der Waals surface area contributed by atoms with Crippen LogP contribution in [-0.2, 0) is 0 Å². The fraction of sp³-hybridized carbons (Fsp3) is 1.00. The largest absolute Gasteiger partial charge is 0.271 e. The van der Waals surface area contributed by atoms with Gasteiger partial charge < -0.3 is 0 Å². The maximum Gasteiger partial charge on any atom is 0.0956 e. The second kappa shape index (κ2) is 3.85. The van der Waals surface area contributed by atoms with E-state index < -0.39 is 0 Å². The van der Waals surface area contributed by atoms with Crippen molar-refractivity contribution in [2.24, 2.45) is 11.8 Å². The van der Waals surface area contributed by atoms with Crippen molar-refractivity contribution >= 4 is 0 Å². The summed E-state index contributed by atoms with van der Waals surface area (Å²) in [5, 5.41) is 0. The van der Waals surface area contributed by atoms with Crippen molar-refractivity contribution in [2.75, 3.05) is 6.54 Å². The molecule has 0 atom stereocenters. The molecule has 0 aliphatic heterocycles. The molecule has 0 unspecified atom stereocenters. The van der Waals surface area contributed by atoms with Gasteiger partial charge >= 0.3 is 0 Å². The number of hydrogen-bond acceptors (Lipinski definition) is 1. The van der Waals surface area contributed by atoms with E-state index in [-0.39, 0.29) is 0 Å². The quantitative estimate of drug-likeness (QED) is 0.400. The summed E-state index contributed by atoms with van der Waals surface area (Å²) in [7, 11) is 0. The van der Waals surface area contributed by atoms with Gasteiger partial charge in [0, 0.05) is 5.92 Å². The molecule has 0 spiro atoms. The summed E-state index contributed by atoms with van der Waals surface area (Å²) in [6.45, 7) is 1.14. The van der Waals surface area contributed by atoms with Gasteiger partial charge in [-0.25, -0.2) is 0 Å². The Morgan fingerprint density at radius 2 is 1.89 bits per heavy atom. The first-order valence-electron chi connectivity index (χ1n) is 3.97. The van der Waals surface area contributed by atoms with Crippen molar-refractivity contribution in [3.05, 3.63) is 0 Å². The molecule has 0 amide bonds. The first kappa shape index (κ1) is 7.03. The second-order valence-corrected chi connectivity index (χ2v) is 2.98. The maximum absolute atomic E-state index is 5.33. The molecule has 4 N–H and O–H groups in total. The molecule has 0 radical (unpaired) electrons. The van der Waals surface area contributed by atoms with Crippen molar-refractivity contribution in [3.8, 4) is 0 Å². The lowest BCUT2D eigenvalue weighted by atomic mass is 9.89. The van der Waals surface area contributed by atoms with Crippen LogP contribution >= 0.6 is 0 Å².